The molecule has 1 saturated heterocycles. The molecule has 3 rings (SSSR count). The fourth-order valence-corrected chi connectivity index (χ4v) is 4.30. The van der Waals surface area contributed by atoms with E-state index in [-0.39, 0.29) is 5.79 Å². The van der Waals surface area contributed by atoms with E-state index in [0.717, 1.165) is 44.5 Å². The first kappa shape index (κ1) is 13.8. The van der Waals surface area contributed by atoms with Crippen molar-refractivity contribution < 1.29 is 14.2 Å². The van der Waals surface area contributed by atoms with Gasteiger partial charge in [-0.15, -0.1) is 0 Å². The van der Waals surface area contributed by atoms with Gasteiger partial charge >= 0.3 is 0 Å². The summed E-state index contributed by atoms with van der Waals surface area (Å²) in [6.45, 7) is 4.57. The molecule has 0 aromatic carbocycles. The Bertz CT molecular complexity index is 268. The van der Waals surface area contributed by atoms with Crippen LogP contribution in [0.2, 0.25) is 0 Å². The van der Waals surface area contributed by atoms with E-state index in [4.69, 9.17) is 14.2 Å². The summed E-state index contributed by atoms with van der Waals surface area (Å²) in [6.07, 6.45) is 10.6. The van der Waals surface area contributed by atoms with Crippen LogP contribution in [0.25, 0.3) is 0 Å². The Morgan fingerprint density at radius 2 is 1.47 bits per heavy atom. The second-order valence-corrected chi connectivity index (χ2v) is 6.44. The van der Waals surface area contributed by atoms with E-state index < -0.39 is 0 Å². The summed E-state index contributed by atoms with van der Waals surface area (Å²) >= 11 is 0. The summed E-state index contributed by atoms with van der Waals surface area (Å²) in [5.74, 6) is 1.65. The van der Waals surface area contributed by atoms with Crippen molar-refractivity contribution in [2.75, 3.05) is 19.8 Å². The molecule has 3 aliphatic rings. The molecule has 1 spiro atoms. The Labute approximate surface area is 117 Å². The molecule has 19 heavy (non-hydrogen) atoms. The van der Waals surface area contributed by atoms with Crippen LogP contribution in [-0.2, 0) is 14.2 Å². The standard InChI is InChI=1S/C16H28O3/c1-2-17-15-5-3-13(4-6-15)14-7-9-16(10-8-14)18-11-12-19-16/h13-15H,2-12H2,1H3/t13-,15-. The fourth-order valence-electron chi connectivity index (χ4n) is 4.30. The van der Waals surface area contributed by atoms with Gasteiger partial charge < -0.3 is 14.2 Å². The van der Waals surface area contributed by atoms with Gasteiger partial charge in [0.1, 0.15) is 0 Å². The number of hydrogen-bond donors (Lipinski definition) is 0. The van der Waals surface area contributed by atoms with Crippen molar-refractivity contribution in [3.05, 3.63) is 0 Å². The Kier molecular flexibility index (Phi) is 4.45. The monoisotopic (exact) mass is 268 g/mol. The van der Waals surface area contributed by atoms with E-state index in [1.54, 1.807) is 0 Å². The Balaban J connectivity index is 1.44. The molecule has 2 saturated carbocycles. The largest absolute Gasteiger partial charge is 0.379 e. The molecule has 1 aliphatic heterocycles. The maximum absolute atomic E-state index is 5.82. The summed E-state index contributed by atoms with van der Waals surface area (Å²) in [4.78, 5) is 0. The molecule has 0 atom stereocenters. The lowest BCUT2D eigenvalue weighted by Gasteiger charge is -2.40. The topological polar surface area (TPSA) is 27.7 Å². The third-order valence-electron chi connectivity index (χ3n) is 5.39. The highest BCUT2D eigenvalue weighted by atomic mass is 16.7. The normalized spacial score (nSPS) is 35.8. The second kappa shape index (κ2) is 6.11. The SMILES string of the molecule is CCO[C@H]1CC[C@H](C2CCC3(CC2)OCCO3)CC1. The highest BCUT2D eigenvalue weighted by Crippen LogP contribution is 2.44. The zero-order chi connectivity index (χ0) is 13.1. The maximum atomic E-state index is 5.82. The molecule has 0 bridgehead atoms. The first-order valence-corrected chi connectivity index (χ1v) is 8.21. The predicted molar refractivity (Wildman–Crippen MR) is 74.0 cm³/mol. The summed E-state index contributed by atoms with van der Waals surface area (Å²) < 4.78 is 17.4. The van der Waals surface area contributed by atoms with Gasteiger partial charge in [0.25, 0.3) is 0 Å². The van der Waals surface area contributed by atoms with Gasteiger partial charge in [-0.05, 0) is 57.3 Å². The lowest BCUT2D eigenvalue weighted by Crippen LogP contribution is -2.38. The summed E-state index contributed by atoms with van der Waals surface area (Å²) in [7, 11) is 0. The van der Waals surface area contributed by atoms with E-state index >= 15 is 0 Å². The average molecular weight is 268 g/mol. The van der Waals surface area contributed by atoms with Gasteiger partial charge in [-0.2, -0.15) is 0 Å². The molecule has 110 valence electrons. The molecular weight excluding hydrogens is 240 g/mol. The molecular formula is C16H28O3. The minimum Gasteiger partial charge on any atom is -0.379 e. The highest BCUT2D eigenvalue weighted by Gasteiger charge is 2.42. The van der Waals surface area contributed by atoms with E-state index in [9.17, 15) is 0 Å². The molecule has 0 N–H and O–H groups in total. The van der Waals surface area contributed by atoms with E-state index in [1.807, 2.05) is 0 Å². The Morgan fingerprint density at radius 1 is 0.895 bits per heavy atom. The zero-order valence-electron chi connectivity index (χ0n) is 12.2. The lowest BCUT2D eigenvalue weighted by molar-refractivity contribution is -0.185. The minimum atomic E-state index is -0.182. The molecule has 3 fully saturated rings. The van der Waals surface area contributed by atoms with Crippen LogP contribution < -0.4 is 0 Å². The predicted octanol–water partition coefficient (Wildman–Crippen LogP) is 3.52. The number of ether oxygens (including phenoxy) is 3. The van der Waals surface area contributed by atoms with Crippen LogP contribution in [0.15, 0.2) is 0 Å². The summed E-state index contributed by atoms with van der Waals surface area (Å²) in [6, 6.07) is 0. The van der Waals surface area contributed by atoms with Gasteiger partial charge in [0, 0.05) is 19.4 Å². The van der Waals surface area contributed by atoms with E-state index in [0.29, 0.717) is 6.10 Å². The van der Waals surface area contributed by atoms with Crippen molar-refractivity contribution in [1.82, 2.24) is 0 Å². The van der Waals surface area contributed by atoms with Crippen molar-refractivity contribution in [1.29, 1.82) is 0 Å². The molecule has 0 unspecified atom stereocenters. The molecule has 3 nitrogen and oxygen atoms in total. The summed E-state index contributed by atoms with van der Waals surface area (Å²) in [5.41, 5.74) is 0. The fraction of sp³-hybridized carbons (Fsp3) is 1.00. The van der Waals surface area contributed by atoms with E-state index in [2.05, 4.69) is 6.92 Å². The smallest absolute Gasteiger partial charge is 0.168 e. The van der Waals surface area contributed by atoms with Crippen LogP contribution in [0.1, 0.15) is 58.3 Å². The third-order valence-corrected chi connectivity index (χ3v) is 5.39. The molecule has 0 aromatic rings. The van der Waals surface area contributed by atoms with Crippen molar-refractivity contribution in [2.24, 2.45) is 11.8 Å². The van der Waals surface area contributed by atoms with Crippen LogP contribution in [-0.4, -0.2) is 31.7 Å². The average Bonchev–Trinajstić information content (AvgIpc) is 2.90. The third kappa shape index (κ3) is 3.14. The molecule has 2 aliphatic carbocycles. The molecule has 3 heteroatoms. The Morgan fingerprint density at radius 3 is 2.05 bits per heavy atom. The molecule has 1 heterocycles. The van der Waals surface area contributed by atoms with Gasteiger partial charge in [0.05, 0.1) is 19.3 Å². The first-order chi connectivity index (χ1) is 9.31. The minimum absolute atomic E-state index is 0.182. The van der Waals surface area contributed by atoms with Gasteiger partial charge in [0.2, 0.25) is 0 Å². The summed E-state index contributed by atoms with van der Waals surface area (Å²) in [5, 5.41) is 0. The van der Waals surface area contributed by atoms with Crippen LogP contribution >= 0.6 is 0 Å². The maximum Gasteiger partial charge on any atom is 0.168 e. The van der Waals surface area contributed by atoms with Crippen molar-refractivity contribution in [2.45, 2.75) is 70.2 Å². The number of hydrogen-bond acceptors (Lipinski definition) is 3. The van der Waals surface area contributed by atoms with E-state index in [1.165, 1.54) is 38.5 Å². The quantitative estimate of drug-likeness (QED) is 0.784. The first-order valence-electron chi connectivity index (χ1n) is 8.21. The van der Waals surface area contributed by atoms with Gasteiger partial charge in [0.15, 0.2) is 5.79 Å². The van der Waals surface area contributed by atoms with Crippen LogP contribution in [0.4, 0.5) is 0 Å². The van der Waals surface area contributed by atoms with Crippen LogP contribution in [0.3, 0.4) is 0 Å². The highest BCUT2D eigenvalue weighted by molar-refractivity contribution is 4.87. The number of rotatable bonds is 3. The van der Waals surface area contributed by atoms with Gasteiger partial charge in [-0.1, -0.05) is 0 Å². The van der Waals surface area contributed by atoms with Crippen molar-refractivity contribution in [3.63, 3.8) is 0 Å². The van der Waals surface area contributed by atoms with Crippen LogP contribution in [0, 0.1) is 11.8 Å². The Hall–Kier alpha value is -0.120. The lowest BCUT2D eigenvalue weighted by atomic mass is 9.71. The van der Waals surface area contributed by atoms with Crippen LogP contribution in [0.5, 0.6) is 0 Å². The second-order valence-electron chi connectivity index (χ2n) is 6.44. The van der Waals surface area contributed by atoms with Gasteiger partial charge in [-0.25, -0.2) is 0 Å². The molecule has 0 aromatic heterocycles. The molecule has 0 radical (unpaired) electrons. The van der Waals surface area contributed by atoms with Crippen molar-refractivity contribution in [3.8, 4) is 0 Å². The van der Waals surface area contributed by atoms with Gasteiger partial charge in [-0.3, -0.25) is 0 Å². The molecule has 0 amide bonds. The zero-order valence-corrected chi connectivity index (χ0v) is 12.2. The van der Waals surface area contributed by atoms with Crippen molar-refractivity contribution >= 4 is 0 Å².